The van der Waals surface area contributed by atoms with Crippen molar-refractivity contribution in [1.29, 1.82) is 5.26 Å². The summed E-state index contributed by atoms with van der Waals surface area (Å²) in [5.74, 6) is 1.69. The largest absolute Gasteiger partial charge is 0.493 e. The Balaban J connectivity index is 1.52. The van der Waals surface area contributed by atoms with E-state index in [4.69, 9.17) is 41.0 Å². The van der Waals surface area contributed by atoms with Gasteiger partial charge in [-0.05, 0) is 61.7 Å². The number of methoxy groups -OCH3 is 2. The lowest BCUT2D eigenvalue weighted by molar-refractivity contribution is 0.269. The zero-order valence-electron chi connectivity index (χ0n) is 25.6. The summed E-state index contributed by atoms with van der Waals surface area (Å²) in [5.41, 5.74) is 9.58. The van der Waals surface area contributed by atoms with Crippen molar-refractivity contribution in [3.63, 3.8) is 0 Å². The van der Waals surface area contributed by atoms with Crippen molar-refractivity contribution in [2.45, 2.75) is 39.3 Å². The molecule has 2 N–H and O–H groups in total. The summed E-state index contributed by atoms with van der Waals surface area (Å²) in [5, 5.41) is 10.8. The van der Waals surface area contributed by atoms with E-state index >= 15 is 0 Å². The molecule has 5 rings (SSSR count). The van der Waals surface area contributed by atoms with Gasteiger partial charge in [0.25, 0.3) is 5.56 Å². The summed E-state index contributed by atoms with van der Waals surface area (Å²) in [4.78, 5) is 14.2. The lowest BCUT2D eigenvalue weighted by Crippen LogP contribution is -2.33. The molecule has 0 unspecified atom stereocenters. The van der Waals surface area contributed by atoms with Gasteiger partial charge in [0.2, 0.25) is 5.88 Å². The molecule has 0 fully saturated rings. The van der Waals surface area contributed by atoms with E-state index in [1.165, 1.54) is 0 Å². The Morgan fingerprint density at radius 3 is 2.44 bits per heavy atom. The minimum Gasteiger partial charge on any atom is -0.493 e. The number of nitrogens with two attached hydrogens (primary N) is 1. The normalized spacial score (nSPS) is 13.8. The van der Waals surface area contributed by atoms with Crippen molar-refractivity contribution in [3.05, 3.63) is 122 Å². The maximum Gasteiger partial charge on any atom is 0.258 e. The molecule has 0 saturated heterocycles. The van der Waals surface area contributed by atoms with Crippen LogP contribution in [0.4, 0.5) is 0 Å². The van der Waals surface area contributed by atoms with Crippen LogP contribution in [0, 0.1) is 18.3 Å². The quantitative estimate of drug-likeness (QED) is 0.207. The van der Waals surface area contributed by atoms with Gasteiger partial charge in [-0.3, -0.25) is 4.79 Å². The van der Waals surface area contributed by atoms with E-state index in [0.717, 1.165) is 11.1 Å². The van der Waals surface area contributed by atoms with Gasteiger partial charge in [-0.15, -0.1) is 0 Å². The molecule has 1 aromatic heterocycles. The number of nitriles is 1. The molecule has 232 valence electrons. The number of aromatic nitrogens is 1. The molecule has 1 aliphatic rings. The lowest BCUT2D eigenvalue weighted by atomic mass is 9.84. The predicted molar refractivity (Wildman–Crippen MR) is 171 cm³/mol. The second kappa shape index (κ2) is 13.7. The third-order valence-electron chi connectivity index (χ3n) is 7.70. The number of allylic oxidation sites excluding steroid dienone is 1. The van der Waals surface area contributed by atoms with Gasteiger partial charge >= 0.3 is 0 Å². The Hall–Kier alpha value is -5.07. The standard InChI is InChI=1S/C35H34ClN3O6/c1-5-43-30-18-23(11-13-28(30)44-20-24-8-6-7-9-26(24)36)32-25(19-37)34(38)45-31-16-21(2)39(35(40)33(31)32)15-14-22-10-12-27(41-3)29(17-22)42-4/h6-13,16-18,32H,5,14-15,20,38H2,1-4H3/t32-/m1/s1. The van der Waals surface area contributed by atoms with Crippen LogP contribution in [-0.4, -0.2) is 25.4 Å². The van der Waals surface area contributed by atoms with Crippen LogP contribution in [0.1, 0.15) is 40.8 Å². The van der Waals surface area contributed by atoms with Gasteiger partial charge in [-0.25, -0.2) is 0 Å². The van der Waals surface area contributed by atoms with Crippen LogP contribution in [0.2, 0.25) is 5.02 Å². The van der Waals surface area contributed by atoms with Crippen LogP contribution >= 0.6 is 11.6 Å². The number of ether oxygens (including phenoxy) is 5. The first-order valence-electron chi connectivity index (χ1n) is 14.4. The van der Waals surface area contributed by atoms with Crippen LogP contribution in [0.15, 0.2) is 83.0 Å². The maximum absolute atomic E-state index is 14.2. The molecule has 3 aromatic carbocycles. The topological polar surface area (TPSA) is 118 Å². The molecule has 45 heavy (non-hydrogen) atoms. The minimum absolute atomic E-state index is 0.0473. The number of aryl methyl sites for hydroxylation is 2. The van der Waals surface area contributed by atoms with Gasteiger partial charge in [0.15, 0.2) is 23.0 Å². The number of rotatable bonds is 11. The van der Waals surface area contributed by atoms with Gasteiger partial charge < -0.3 is 34.0 Å². The summed E-state index contributed by atoms with van der Waals surface area (Å²) in [6.45, 7) is 4.71. The summed E-state index contributed by atoms with van der Waals surface area (Å²) >= 11 is 6.32. The number of pyridine rings is 1. The van der Waals surface area contributed by atoms with Crippen LogP contribution in [-0.2, 0) is 19.6 Å². The highest BCUT2D eigenvalue weighted by Crippen LogP contribution is 2.43. The second-order valence-corrected chi connectivity index (χ2v) is 10.8. The average Bonchev–Trinajstić information content (AvgIpc) is 3.04. The van der Waals surface area contributed by atoms with E-state index in [1.807, 2.05) is 56.3 Å². The monoisotopic (exact) mass is 627 g/mol. The van der Waals surface area contributed by atoms with E-state index in [1.54, 1.807) is 43.1 Å². The molecule has 0 spiro atoms. The van der Waals surface area contributed by atoms with Crippen molar-refractivity contribution in [3.8, 4) is 34.8 Å². The molecule has 1 aliphatic heterocycles. The maximum atomic E-state index is 14.2. The molecular weight excluding hydrogens is 594 g/mol. The smallest absolute Gasteiger partial charge is 0.258 e. The second-order valence-electron chi connectivity index (χ2n) is 10.4. The molecule has 9 nitrogen and oxygen atoms in total. The highest BCUT2D eigenvalue weighted by molar-refractivity contribution is 6.31. The fourth-order valence-electron chi connectivity index (χ4n) is 5.44. The fourth-order valence-corrected chi connectivity index (χ4v) is 5.63. The highest BCUT2D eigenvalue weighted by Gasteiger charge is 2.35. The van der Waals surface area contributed by atoms with Gasteiger partial charge in [-0.1, -0.05) is 41.9 Å². The third-order valence-corrected chi connectivity index (χ3v) is 8.07. The summed E-state index contributed by atoms with van der Waals surface area (Å²) in [6, 6.07) is 22.4. The summed E-state index contributed by atoms with van der Waals surface area (Å²) in [7, 11) is 3.17. The SMILES string of the molecule is CCOc1cc([C@@H]2C(C#N)=C(N)Oc3cc(C)n(CCc4ccc(OC)c(OC)c4)c(=O)c32)ccc1OCc1ccccc1Cl. The molecular formula is C35H34ClN3O6. The van der Waals surface area contributed by atoms with Crippen molar-refractivity contribution in [2.75, 3.05) is 20.8 Å². The van der Waals surface area contributed by atoms with E-state index in [2.05, 4.69) is 6.07 Å². The van der Waals surface area contributed by atoms with Crippen molar-refractivity contribution in [2.24, 2.45) is 5.73 Å². The van der Waals surface area contributed by atoms with E-state index in [-0.39, 0.29) is 23.6 Å². The van der Waals surface area contributed by atoms with Crippen molar-refractivity contribution < 1.29 is 23.7 Å². The minimum atomic E-state index is -0.781. The highest BCUT2D eigenvalue weighted by atomic mass is 35.5. The first-order valence-corrected chi connectivity index (χ1v) is 14.8. The van der Waals surface area contributed by atoms with Crippen LogP contribution < -0.4 is 35.0 Å². The Kier molecular flexibility index (Phi) is 9.55. The molecule has 0 saturated carbocycles. The first kappa shape index (κ1) is 31.4. The lowest BCUT2D eigenvalue weighted by Gasteiger charge is -2.28. The Morgan fingerprint density at radius 1 is 0.978 bits per heavy atom. The van der Waals surface area contributed by atoms with Gasteiger partial charge in [-0.2, -0.15) is 5.26 Å². The third kappa shape index (κ3) is 6.42. The zero-order chi connectivity index (χ0) is 32.1. The van der Waals surface area contributed by atoms with E-state index < -0.39 is 5.92 Å². The Labute approximate surface area is 266 Å². The van der Waals surface area contributed by atoms with E-state index in [9.17, 15) is 10.1 Å². The van der Waals surface area contributed by atoms with Crippen LogP contribution in [0.5, 0.6) is 28.7 Å². The van der Waals surface area contributed by atoms with Crippen LogP contribution in [0.25, 0.3) is 0 Å². The number of hydrogen-bond acceptors (Lipinski definition) is 8. The van der Waals surface area contributed by atoms with Crippen LogP contribution in [0.3, 0.4) is 0 Å². The molecule has 0 amide bonds. The molecule has 2 heterocycles. The number of halogens is 1. The van der Waals surface area contributed by atoms with Gasteiger partial charge in [0.05, 0.1) is 32.3 Å². The molecule has 0 aliphatic carbocycles. The number of fused-ring (bicyclic) bond motifs is 1. The van der Waals surface area contributed by atoms with E-state index in [0.29, 0.717) is 70.2 Å². The predicted octanol–water partition coefficient (Wildman–Crippen LogP) is 6.27. The fraction of sp³-hybridized carbons (Fsp3) is 0.257. The Morgan fingerprint density at radius 2 is 1.73 bits per heavy atom. The average molecular weight is 628 g/mol. The zero-order valence-corrected chi connectivity index (χ0v) is 26.3. The molecule has 4 aromatic rings. The van der Waals surface area contributed by atoms with Crippen molar-refractivity contribution in [1.82, 2.24) is 4.57 Å². The first-order chi connectivity index (χ1) is 21.8. The van der Waals surface area contributed by atoms with Gasteiger partial charge in [0, 0.05) is 28.9 Å². The number of hydrogen-bond donors (Lipinski definition) is 1. The molecule has 10 heteroatoms. The number of nitrogens with zero attached hydrogens (tertiary/aromatic N) is 2. The number of benzene rings is 3. The van der Waals surface area contributed by atoms with Crippen molar-refractivity contribution >= 4 is 11.6 Å². The van der Waals surface area contributed by atoms with Gasteiger partial charge in [0.1, 0.15) is 24.0 Å². The molecule has 0 bridgehead atoms. The Bertz CT molecular complexity index is 1860. The summed E-state index contributed by atoms with van der Waals surface area (Å²) < 4.78 is 30.4. The summed E-state index contributed by atoms with van der Waals surface area (Å²) in [6.07, 6.45) is 0.556. The molecule has 1 atom stereocenters. The molecule has 0 radical (unpaired) electrons.